The first-order valence-electron chi connectivity index (χ1n) is 11.7. The summed E-state index contributed by atoms with van der Waals surface area (Å²) in [6.07, 6.45) is 3.30. The number of aromatic nitrogens is 1. The number of rotatable bonds is 10. The van der Waals surface area contributed by atoms with Gasteiger partial charge in [0, 0.05) is 56.2 Å². The van der Waals surface area contributed by atoms with Crippen LogP contribution >= 0.6 is 0 Å². The van der Waals surface area contributed by atoms with Gasteiger partial charge in [0.1, 0.15) is 5.82 Å². The number of methoxy groups -OCH3 is 1. The highest BCUT2D eigenvalue weighted by Crippen LogP contribution is 2.35. The Hall–Kier alpha value is -3.44. The van der Waals surface area contributed by atoms with Crippen LogP contribution in [0.2, 0.25) is 0 Å². The number of hydrogen-bond donors (Lipinski definition) is 1. The lowest BCUT2D eigenvalue weighted by Gasteiger charge is -2.18. The topological polar surface area (TPSA) is 43.3 Å². The fourth-order valence-electron chi connectivity index (χ4n) is 4.47. The largest absolute Gasteiger partial charge is 0.385 e. The third kappa shape index (κ3) is 5.72. The highest BCUT2D eigenvalue weighted by Gasteiger charge is 2.23. The van der Waals surface area contributed by atoms with E-state index in [1.54, 1.807) is 7.11 Å². The Morgan fingerprint density at radius 2 is 1.85 bits per heavy atom. The lowest BCUT2D eigenvalue weighted by atomic mass is 9.87. The van der Waals surface area contributed by atoms with Crippen LogP contribution in [0.4, 0.5) is 4.39 Å². The number of benzene rings is 3. The van der Waals surface area contributed by atoms with E-state index >= 15 is 0 Å². The Labute approximate surface area is 200 Å². The van der Waals surface area contributed by atoms with Crippen molar-refractivity contribution in [3.05, 3.63) is 107 Å². The molecule has 1 aromatic heterocycles. The minimum Gasteiger partial charge on any atom is -0.385 e. The predicted octanol–water partition coefficient (Wildman–Crippen LogP) is 5.81. The van der Waals surface area contributed by atoms with Gasteiger partial charge < -0.3 is 14.6 Å². The summed E-state index contributed by atoms with van der Waals surface area (Å²) in [5.74, 6) is -0.294. The standard InChI is InChI=1S/C29H31FN2O2/c1-21-7-5-8-23(17-21)26(18-29(33)31-15-6-16-34-2)27-20-32(28-10-4-3-9-25(27)28)19-22-11-13-24(30)14-12-22/h3-5,7-14,17,20,26H,6,15-16,18-19H2,1-2H3,(H,31,33). The second kappa shape index (κ2) is 11.1. The summed E-state index contributed by atoms with van der Waals surface area (Å²) in [6.45, 7) is 3.92. The highest BCUT2D eigenvalue weighted by molar-refractivity contribution is 5.86. The van der Waals surface area contributed by atoms with E-state index in [0.717, 1.165) is 39.6 Å². The molecule has 1 N–H and O–H groups in total. The number of ether oxygens (including phenoxy) is 1. The molecule has 176 valence electrons. The van der Waals surface area contributed by atoms with Gasteiger partial charge in [-0.1, -0.05) is 60.2 Å². The van der Waals surface area contributed by atoms with Gasteiger partial charge in [0.15, 0.2) is 0 Å². The van der Waals surface area contributed by atoms with Crippen LogP contribution in [0.15, 0.2) is 79.0 Å². The average Bonchev–Trinajstić information content (AvgIpc) is 3.20. The van der Waals surface area contributed by atoms with Crippen molar-refractivity contribution in [2.45, 2.75) is 32.2 Å². The summed E-state index contributed by atoms with van der Waals surface area (Å²) in [5, 5.41) is 4.17. The third-order valence-electron chi connectivity index (χ3n) is 6.14. The molecule has 0 radical (unpaired) electrons. The molecule has 4 nitrogen and oxygen atoms in total. The van der Waals surface area contributed by atoms with Crippen molar-refractivity contribution >= 4 is 16.8 Å². The monoisotopic (exact) mass is 458 g/mol. The molecule has 1 atom stereocenters. The first-order valence-corrected chi connectivity index (χ1v) is 11.7. The summed E-state index contributed by atoms with van der Waals surface area (Å²) in [7, 11) is 1.66. The first-order chi connectivity index (χ1) is 16.5. The summed E-state index contributed by atoms with van der Waals surface area (Å²) >= 11 is 0. The maximum atomic E-state index is 13.4. The Morgan fingerprint density at radius 1 is 1.06 bits per heavy atom. The zero-order valence-electron chi connectivity index (χ0n) is 19.8. The van der Waals surface area contributed by atoms with Crippen molar-refractivity contribution in [1.82, 2.24) is 9.88 Å². The molecule has 0 saturated carbocycles. The third-order valence-corrected chi connectivity index (χ3v) is 6.14. The lowest BCUT2D eigenvalue weighted by Crippen LogP contribution is -2.27. The molecule has 0 aliphatic rings. The summed E-state index contributed by atoms with van der Waals surface area (Å²) < 4.78 is 20.7. The van der Waals surface area contributed by atoms with Crippen LogP contribution in [0.25, 0.3) is 10.9 Å². The maximum Gasteiger partial charge on any atom is 0.220 e. The zero-order chi connectivity index (χ0) is 23.9. The lowest BCUT2D eigenvalue weighted by molar-refractivity contribution is -0.121. The van der Waals surface area contributed by atoms with Gasteiger partial charge in [0.2, 0.25) is 5.91 Å². The zero-order valence-corrected chi connectivity index (χ0v) is 19.8. The van der Waals surface area contributed by atoms with E-state index in [-0.39, 0.29) is 17.6 Å². The van der Waals surface area contributed by atoms with E-state index in [2.05, 4.69) is 53.3 Å². The van der Waals surface area contributed by atoms with Crippen molar-refractivity contribution in [2.75, 3.05) is 20.3 Å². The number of para-hydroxylation sites is 1. The highest BCUT2D eigenvalue weighted by atomic mass is 19.1. The maximum absolute atomic E-state index is 13.4. The van der Waals surface area contributed by atoms with Gasteiger partial charge in [-0.2, -0.15) is 0 Å². The number of aryl methyl sites for hydroxylation is 1. The second-order valence-corrected chi connectivity index (χ2v) is 8.72. The number of nitrogens with zero attached hydrogens (tertiary/aromatic N) is 1. The molecule has 0 saturated heterocycles. The van der Waals surface area contributed by atoms with Crippen LogP contribution in [0.1, 0.15) is 41.0 Å². The molecular formula is C29H31FN2O2. The number of carbonyl (C=O) groups is 1. The number of fused-ring (bicyclic) bond motifs is 1. The number of hydrogen-bond acceptors (Lipinski definition) is 2. The van der Waals surface area contributed by atoms with Gasteiger partial charge in [-0.3, -0.25) is 4.79 Å². The molecule has 5 heteroatoms. The van der Waals surface area contributed by atoms with Gasteiger partial charge in [-0.15, -0.1) is 0 Å². The van der Waals surface area contributed by atoms with Crippen molar-refractivity contribution in [3.8, 4) is 0 Å². The number of halogens is 1. The number of carbonyl (C=O) groups excluding carboxylic acids is 1. The van der Waals surface area contributed by atoms with Crippen molar-refractivity contribution in [3.63, 3.8) is 0 Å². The first kappa shape index (κ1) is 23.7. The molecule has 1 amide bonds. The molecule has 0 fully saturated rings. The molecule has 4 rings (SSSR count). The van der Waals surface area contributed by atoms with Gasteiger partial charge >= 0.3 is 0 Å². The van der Waals surface area contributed by atoms with Gasteiger partial charge in [0.05, 0.1) is 0 Å². The van der Waals surface area contributed by atoms with Gasteiger partial charge in [-0.05, 0) is 48.2 Å². The van der Waals surface area contributed by atoms with E-state index in [1.807, 2.05) is 30.3 Å². The Balaban J connectivity index is 1.70. The van der Waals surface area contributed by atoms with Crippen LogP contribution in [0.3, 0.4) is 0 Å². The fourth-order valence-corrected chi connectivity index (χ4v) is 4.47. The SMILES string of the molecule is COCCCNC(=O)CC(c1cccc(C)c1)c1cn(Cc2ccc(F)cc2)c2ccccc12. The Kier molecular flexibility index (Phi) is 7.76. The molecule has 0 aliphatic carbocycles. The van der Waals surface area contributed by atoms with E-state index in [4.69, 9.17) is 4.74 Å². The second-order valence-electron chi connectivity index (χ2n) is 8.72. The van der Waals surface area contributed by atoms with E-state index in [1.165, 1.54) is 12.1 Å². The van der Waals surface area contributed by atoms with Crippen molar-refractivity contribution in [1.29, 1.82) is 0 Å². The minimum atomic E-state index is -0.238. The van der Waals surface area contributed by atoms with Crippen molar-refractivity contribution in [2.24, 2.45) is 0 Å². The molecule has 1 unspecified atom stereocenters. The van der Waals surface area contributed by atoms with Crippen LogP contribution < -0.4 is 5.32 Å². The molecule has 0 bridgehead atoms. The minimum absolute atomic E-state index is 0.0259. The normalized spacial score (nSPS) is 12.1. The van der Waals surface area contributed by atoms with Crippen molar-refractivity contribution < 1.29 is 13.9 Å². The van der Waals surface area contributed by atoms with Gasteiger partial charge in [-0.25, -0.2) is 4.39 Å². The predicted molar refractivity (Wildman–Crippen MR) is 135 cm³/mol. The molecule has 4 aromatic rings. The van der Waals surface area contributed by atoms with Crippen LogP contribution in [0.5, 0.6) is 0 Å². The Bertz CT molecular complexity index is 1250. The van der Waals surface area contributed by atoms with Gasteiger partial charge in [0.25, 0.3) is 0 Å². The van der Waals surface area contributed by atoms with Crippen LogP contribution in [-0.2, 0) is 16.1 Å². The summed E-state index contributed by atoms with van der Waals surface area (Å²) in [4.78, 5) is 12.9. The molecule has 0 aliphatic heterocycles. The quantitative estimate of drug-likeness (QED) is 0.305. The summed E-state index contributed by atoms with van der Waals surface area (Å²) in [6, 6.07) is 23.3. The smallest absolute Gasteiger partial charge is 0.220 e. The van der Waals surface area contributed by atoms with E-state index < -0.39 is 0 Å². The summed E-state index contributed by atoms with van der Waals surface area (Å²) in [5.41, 5.74) is 5.53. The fraction of sp³-hybridized carbons (Fsp3) is 0.276. The van der Waals surface area contributed by atoms with Crippen LogP contribution in [-0.4, -0.2) is 30.7 Å². The van der Waals surface area contributed by atoms with E-state index in [9.17, 15) is 9.18 Å². The number of amides is 1. The molecule has 1 heterocycles. The Morgan fingerprint density at radius 3 is 2.62 bits per heavy atom. The van der Waals surface area contributed by atoms with Crippen LogP contribution in [0, 0.1) is 12.7 Å². The molecular weight excluding hydrogens is 427 g/mol. The van der Waals surface area contributed by atoms with E-state index in [0.29, 0.717) is 26.1 Å². The number of nitrogens with one attached hydrogen (secondary N) is 1. The molecule has 0 spiro atoms. The molecule has 3 aromatic carbocycles. The average molecular weight is 459 g/mol. The molecule has 34 heavy (non-hydrogen) atoms.